The number of carboxylic acid groups (broad SMARTS) is 1. The maximum Gasteiger partial charge on any atom is 0.311 e. The smallest absolute Gasteiger partial charge is 0.311 e. The highest BCUT2D eigenvalue weighted by Gasteiger charge is 2.30. The van der Waals surface area contributed by atoms with Gasteiger partial charge in [0.15, 0.2) is 0 Å². The van der Waals surface area contributed by atoms with Crippen molar-refractivity contribution in [2.24, 2.45) is 5.92 Å². The molecule has 2 N–H and O–H groups in total. The van der Waals surface area contributed by atoms with Gasteiger partial charge in [-0.05, 0) is 61.2 Å². The molecule has 2 atom stereocenters. The van der Waals surface area contributed by atoms with Gasteiger partial charge in [0.25, 0.3) is 5.91 Å². The highest BCUT2D eigenvalue weighted by Crippen LogP contribution is 2.37. The van der Waals surface area contributed by atoms with Gasteiger partial charge >= 0.3 is 5.97 Å². The summed E-state index contributed by atoms with van der Waals surface area (Å²) in [6.07, 6.45) is 1.24. The normalized spacial score (nSPS) is 13.4. The van der Waals surface area contributed by atoms with Crippen LogP contribution in [-0.4, -0.2) is 26.7 Å². The standard InChI is InChI=1S/C23H24FNO4/c1-4-13(2)10-19(23(28)29)21-14(3)25(20-9-8-17(26)12-18(20)21)22(27)15-6-5-7-16(24)11-15/h5-9,11-13,19,26H,4,10H2,1-3H3,(H,28,29)/t13?,19-/m1/s1. The van der Waals surface area contributed by atoms with Gasteiger partial charge in [0.05, 0.1) is 11.4 Å². The van der Waals surface area contributed by atoms with Gasteiger partial charge in [-0.3, -0.25) is 14.2 Å². The molecule has 6 heteroatoms. The molecule has 2 aromatic carbocycles. The van der Waals surface area contributed by atoms with E-state index in [1.54, 1.807) is 13.0 Å². The number of phenols is 1. The first-order chi connectivity index (χ1) is 13.7. The number of hydrogen-bond donors (Lipinski definition) is 2. The molecule has 0 saturated heterocycles. The topological polar surface area (TPSA) is 79.5 Å². The van der Waals surface area contributed by atoms with Gasteiger partial charge in [-0.1, -0.05) is 26.3 Å². The first-order valence-electron chi connectivity index (χ1n) is 9.61. The summed E-state index contributed by atoms with van der Waals surface area (Å²) in [5.74, 6) is -2.61. The van der Waals surface area contributed by atoms with E-state index in [2.05, 4.69) is 0 Å². The van der Waals surface area contributed by atoms with Crippen LogP contribution in [0, 0.1) is 18.7 Å². The number of aromatic hydroxyl groups is 1. The summed E-state index contributed by atoms with van der Waals surface area (Å²) in [6, 6.07) is 9.91. The molecule has 5 nitrogen and oxygen atoms in total. The molecule has 0 aliphatic heterocycles. The molecule has 0 bridgehead atoms. The van der Waals surface area contributed by atoms with Crippen molar-refractivity contribution in [3.05, 3.63) is 65.1 Å². The number of phenolic OH excluding ortho intramolecular Hbond substituents is 1. The molecule has 1 heterocycles. The summed E-state index contributed by atoms with van der Waals surface area (Å²) in [4.78, 5) is 25.3. The third-order valence-corrected chi connectivity index (χ3v) is 5.49. The predicted octanol–water partition coefficient (Wildman–Crippen LogP) is 5.09. The summed E-state index contributed by atoms with van der Waals surface area (Å²) in [7, 11) is 0. The maximum atomic E-state index is 13.7. The van der Waals surface area contributed by atoms with Gasteiger partial charge in [0.1, 0.15) is 11.6 Å². The summed E-state index contributed by atoms with van der Waals surface area (Å²) < 4.78 is 15.1. The third-order valence-electron chi connectivity index (χ3n) is 5.49. The van der Waals surface area contributed by atoms with Crippen molar-refractivity contribution < 1.29 is 24.2 Å². The van der Waals surface area contributed by atoms with Crippen LogP contribution in [0.15, 0.2) is 42.5 Å². The fraction of sp³-hybridized carbons (Fsp3) is 0.304. The highest BCUT2D eigenvalue weighted by molar-refractivity contribution is 6.05. The SMILES string of the molecule is CCC(C)C[C@@H](C(=O)O)c1c(C)n(C(=O)c2cccc(F)c2)c2ccc(O)cc12. The lowest BCUT2D eigenvalue weighted by Crippen LogP contribution is -2.18. The van der Waals surface area contributed by atoms with E-state index < -0.39 is 23.6 Å². The fourth-order valence-corrected chi connectivity index (χ4v) is 3.79. The van der Waals surface area contributed by atoms with E-state index in [1.165, 1.54) is 34.9 Å². The highest BCUT2D eigenvalue weighted by atomic mass is 19.1. The Hall–Kier alpha value is -3.15. The minimum Gasteiger partial charge on any atom is -0.508 e. The van der Waals surface area contributed by atoms with Crippen LogP contribution >= 0.6 is 0 Å². The van der Waals surface area contributed by atoms with Crippen LogP contribution in [-0.2, 0) is 4.79 Å². The Morgan fingerprint density at radius 3 is 2.52 bits per heavy atom. The summed E-state index contributed by atoms with van der Waals surface area (Å²) in [6.45, 7) is 5.68. The van der Waals surface area contributed by atoms with Crippen LogP contribution in [0.4, 0.5) is 4.39 Å². The Morgan fingerprint density at radius 1 is 1.17 bits per heavy atom. The number of aliphatic carboxylic acids is 1. The number of halogens is 1. The van der Waals surface area contributed by atoms with E-state index in [-0.39, 0.29) is 17.2 Å². The first-order valence-corrected chi connectivity index (χ1v) is 9.61. The number of hydrogen-bond acceptors (Lipinski definition) is 3. The van der Waals surface area contributed by atoms with E-state index >= 15 is 0 Å². The van der Waals surface area contributed by atoms with Crippen LogP contribution in [0.5, 0.6) is 5.75 Å². The lowest BCUT2D eigenvalue weighted by molar-refractivity contribution is -0.139. The van der Waals surface area contributed by atoms with Gasteiger partial charge < -0.3 is 10.2 Å². The molecule has 152 valence electrons. The summed E-state index contributed by atoms with van der Waals surface area (Å²) in [5, 5.41) is 20.4. The van der Waals surface area contributed by atoms with Crippen molar-refractivity contribution >= 4 is 22.8 Å². The molecule has 0 radical (unpaired) electrons. The van der Waals surface area contributed by atoms with E-state index in [0.29, 0.717) is 28.6 Å². The fourth-order valence-electron chi connectivity index (χ4n) is 3.79. The number of carboxylic acids is 1. The second-order valence-electron chi connectivity index (χ2n) is 7.49. The molecule has 29 heavy (non-hydrogen) atoms. The molecule has 0 aliphatic rings. The minimum absolute atomic E-state index is 0.0122. The Kier molecular flexibility index (Phi) is 5.73. The number of carbonyl (C=O) groups is 2. The van der Waals surface area contributed by atoms with Crippen LogP contribution in [0.1, 0.15) is 54.2 Å². The molecule has 3 aromatic rings. The minimum atomic E-state index is -0.978. The van der Waals surface area contributed by atoms with Crippen LogP contribution in [0.2, 0.25) is 0 Å². The third kappa shape index (κ3) is 3.88. The zero-order valence-corrected chi connectivity index (χ0v) is 16.6. The van der Waals surface area contributed by atoms with Crippen LogP contribution < -0.4 is 0 Å². The van der Waals surface area contributed by atoms with Crippen molar-refractivity contribution in [1.29, 1.82) is 0 Å². The van der Waals surface area contributed by atoms with Crippen LogP contribution in [0.25, 0.3) is 10.9 Å². The largest absolute Gasteiger partial charge is 0.508 e. The number of nitrogens with zero attached hydrogens (tertiary/aromatic N) is 1. The van der Waals surface area contributed by atoms with Crippen molar-refractivity contribution in [1.82, 2.24) is 4.57 Å². The van der Waals surface area contributed by atoms with Gasteiger partial charge in [-0.2, -0.15) is 0 Å². The van der Waals surface area contributed by atoms with Gasteiger partial charge in [0, 0.05) is 16.6 Å². The van der Waals surface area contributed by atoms with Crippen molar-refractivity contribution in [2.45, 2.75) is 39.5 Å². The zero-order chi connectivity index (χ0) is 21.3. The van der Waals surface area contributed by atoms with Crippen LogP contribution in [0.3, 0.4) is 0 Å². The zero-order valence-electron chi connectivity index (χ0n) is 16.6. The molecular weight excluding hydrogens is 373 g/mol. The van der Waals surface area contributed by atoms with Gasteiger partial charge in [0.2, 0.25) is 0 Å². The van der Waals surface area contributed by atoms with Crippen molar-refractivity contribution in [2.75, 3.05) is 0 Å². The first kappa shape index (κ1) is 20.6. The summed E-state index contributed by atoms with van der Waals surface area (Å²) >= 11 is 0. The van der Waals surface area contributed by atoms with Crippen molar-refractivity contribution in [3.8, 4) is 5.75 Å². The average molecular weight is 397 g/mol. The molecule has 1 unspecified atom stereocenters. The molecule has 0 amide bonds. The second kappa shape index (κ2) is 8.07. The monoisotopic (exact) mass is 397 g/mol. The predicted molar refractivity (Wildman–Crippen MR) is 109 cm³/mol. The number of aromatic nitrogens is 1. The van der Waals surface area contributed by atoms with E-state index in [1.807, 2.05) is 13.8 Å². The Labute approximate surface area is 168 Å². The lowest BCUT2D eigenvalue weighted by Gasteiger charge is -2.17. The number of fused-ring (bicyclic) bond motifs is 1. The Morgan fingerprint density at radius 2 is 1.90 bits per heavy atom. The molecule has 0 fully saturated rings. The molecule has 3 rings (SSSR count). The van der Waals surface area contributed by atoms with Gasteiger partial charge in [-0.15, -0.1) is 0 Å². The second-order valence-corrected chi connectivity index (χ2v) is 7.49. The number of carbonyl (C=O) groups excluding carboxylic acids is 1. The van der Waals surface area contributed by atoms with E-state index in [9.17, 15) is 24.2 Å². The molecule has 0 saturated carbocycles. The van der Waals surface area contributed by atoms with Crippen molar-refractivity contribution in [3.63, 3.8) is 0 Å². The molecule has 0 spiro atoms. The van der Waals surface area contributed by atoms with E-state index in [0.717, 1.165) is 12.5 Å². The average Bonchev–Trinajstić information content (AvgIpc) is 2.96. The quantitative estimate of drug-likeness (QED) is 0.607. The Bertz CT molecular complexity index is 1090. The molecular formula is C23H24FNO4. The molecule has 1 aromatic heterocycles. The maximum absolute atomic E-state index is 13.7. The molecule has 0 aliphatic carbocycles. The summed E-state index contributed by atoms with van der Waals surface area (Å²) in [5.41, 5.74) is 1.64. The number of benzene rings is 2. The Balaban J connectivity index is 2.26. The lowest BCUT2D eigenvalue weighted by atomic mass is 9.87. The van der Waals surface area contributed by atoms with Gasteiger partial charge in [-0.25, -0.2) is 4.39 Å². The van der Waals surface area contributed by atoms with E-state index in [4.69, 9.17) is 0 Å². The number of rotatable bonds is 6.